The zero-order valence-electron chi connectivity index (χ0n) is 12.0. The fraction of sp³-hybridized carbons (Fsp3) is 0.533. The number of carbonyl (C=O) groups excluding carboxylic acids is 1. The summed E-state index contributed by atoms with van der Waals surface area (Å²) in [7, 11) is 3.53. The van der Waals surface area contributed by atoms with E-state index in [1.54, 1.807) is 0 Å². The van der Waals surface area contributed by atoms with Crippen molar-refractivity contribution in [2.45, 2.75) is 24.8 Å². The molecule has 1 heterocycles. The molecule has 0 aliphatic carbocycles. The van der Waals surface area contributed by atoms with Crippen molar-refractivity contribution < 1.29 is 9.53 Å². The molecule has 20 heavy (non-hydrogen) atoms. The molecule has 0 bridgehead atoms. The predicted molar refractivity (Wildman–Crippen MR) is 81.2 cm³/mol. The van der Waals surface area contributed by atoms with E-state index in [0.717, 1.165) is 38.0 Å². The van der Waals surface area contributed by atoms with Gasteiger partial charge in [0.05, 0.1) is 7.11 Å². The molecule has 0 aromatic heterocycles. The van der Waals surface area contributed by atoms with Gasteiger partial charge in [-0.25, -0.2) is 4.79 Å². The fourth-order valence-corrected chi connectivity index (χ4v) is 2.78. The highest BCUT2D eigenvalue weighted by atomic mass is 35.5. The maximum atomic E-state index is 12.3. The second kappa shape index (κ2) is 6.46. The number of methoxy groups -OCH3 is 1. The number of halogens is 1. The van der Waals surface area contributed by atoms with Crippen molar-refractivity contribution in [3.8, 4) is 0 Å². The highest BCUT2D eigenvalue weighted by Gasteiger charge is 2.40. The number of rotatable bonds is 3. The Morgan fingerprint density at radius 1 is 1.30 bits per heavy atom. The Bertz CT molecular complexity index is 463. The average molecular weight is 297 g/mol. The Labute approximate surface area is 125 Å². The number of ether oxygens (including phenoxy) is 1. The van der Waals surface area contributed by atoms with Crippen molar-refractivity contribution in [2.75, 3.05) is 32.6 Å². The van der Waals surface area contributed by atoms with Crippen LogP contribution in [0.5, 0.6) is 0 Å². The molecule has 110 valence electrons. The van der Waals surface area contributed by atoms with Crippen LogP contribution in [-0.4, -0.2) is 43.7 Å². The number of likely N-dealkylation sites (tertiary alicyclic amines) is 1. The molecule has 1 aromatic carbocycles. The first-order chi connectivity index (χ1) is 9.55. The largest absolute Gasteiger partial charge is 0.467 e. The molecule has 1 aliphatic rings. The Kier molecular flexibility index (Phi) is 4.89. The van der Waals surface area contributed by atoms with Crippen LogP contribution < -0.4 is 5.32 Å². The topological polar surface area (TPSA) is 41.6 Å². The summed E-state index contributed by atoms with van der Waals surface area (Å²) < 4.78 is 5.03. The lowest BCUT2D eigenvalue weighted by Gasteiger charge is -2.32. The molecule has 1 aliphatic heterocycles. The van der Waals surface area contributed by atoms with Crippen LogP contribution in [0.1, 0.15) is 19.3 Å². The van der Waals surface area contributed by atoms with Gasteiger partial charge in [-0.2, -0.15) is 0 Å². The Morgan fingerprint density at radius 3 is 2.65 bits per heavy atom. The lowest BCUT2D eigenvalue weighted by molar-refractivity contribution is -0.146. The van der Waals surface area contributed by atoms with Gasteiger partial charge in [0.25, 0.3) is 0 Å². The van der Waals surface area contributed by atoms with Gasteiger partial charge in [-0.15, -0.1) is 0 Å². The fourth-order valence-electron chi connectivity index (χ4n) is 2.65. The van der Waals surface area contributed by atoms with E-state index >= 15 is 0 Å². The van der Waals surface area contributed by atoms with E-state index < -0.39 is 5.54 Å². The number of nitrogens with one attached hydrogen (secondary N) is 1. The third kappa shape index (κ3) is 3.44. The number of hydrogen-bond acceptors (Lipinski definition) is 4. The molecule has 5 heteroatoms. The molecular formula is C15H21ClN2O2. The molecule has 1 N–H and O–H groups in total. The summed E-state index contributed by atoms with van der Waals surface area (Å²) in [5, 5.41) is 4.06. The summed E-state index contributed by atoms with van der Waals surface area (Å²) >= 11 is 5.90. The van der Waals surface area contributed by atoms with Crippen molar-refractivity contribution in [3.63, 3.8) is 0 Å². The van der Waals surface area contributed by atoms with Gasteiger partial charge in [-0.3, -0.25) is 0 Å². The molecule has 0 spiro atoms. The van der Waals surface area contributed by atoms with Crippen LogP contribution in [0.4, 0.5) is 5.69 Å². The van der Waals surface area contributed by atoms with Gasteiger partial charge >= 0.3 is 5.97 Å². The van der Waals surface area contributed by atoms with E-state index in [1.807, 2.05) is 24.3 Å². The van der Waals surface area contributed by atoms with Gasteiger partial charge in [0, 0.05) is 17.3 Å². The predicted octanol–water partition coefficient (Wildman–Crippen LogP) is 2.78. The summed E-state index contributed by atoms with van der Waals surface area (Å²) in [5.41, 5.74) is 0.247. The van der Waals surface area contributed by atoms with Crippen molar-refractivity contribution in [2.24, 2.45) is 0 Å². The van der Waals surface area contributed by atoms with Crippen LogP contribution in [0.25, 0.3) is 0 Å². The average Bonchev–Trinajstić information content (AvgIpc) is 2.64. The van der Waals surface area contributed by atoms with Crippen LogP contribution in [0, 0.1) is 0 Å². The zero-order valence-corrected chi connectivity index (χ0v) is 12.7. The molecule has 4 nitrogen and oxygen atoms in total. The molecule has 0 radical (unpaired) electrons. The van der Waals surface area contributed by atoms with Crippen LogP contribution >= 0.6 is 11.6 Å². The maximum absolute atomic E-state index is 12.3. The van der Waals surface area contributed by atoms with Crippen molar-refractivity contribution >= 4 is 23.3 Å². The number of hydrogen-bond donors (Lipinski definition) is 1. The van der Waals surface area contributed by atoms with Gasteiger partial charge < -0.3 is 15.0 Å². The monoisotopic (exact) mass is 296 g/mol. The third-order valence-electron chi connectivity index (χ3n) is 3.87. The summed E-state index contributed by atoms with van der Waals surface area (Å²) in [6.07, 6.45) is 2.47. The van der Waals surface area contributed by atoms with Gasteiger partial charge in [0.1, 0.15) is 5.54 Å². The first-order valence-corrected chi connectivity index (χ1v) is 7.24. The smallest absolute Gasteiger partial charge is 0.331 e. The van der Waals surface area contributed by atoms with Crippen molar-refractivity contribution in [1.29, 1.82) is 0 Å². The Hall–Kier alpha value is -1.26. The van der Waals surface area contributed by atoms with E-state index in [2.05, 4.69) is 17.3 Å². The summed E-state index contributed by atoms with van der Waals surface area (Å²) in [6.45, 7) is 1.87. The minimum Gasteiger partial charge on any atom is -0.467 e. The highest BCUT2D eigenvalue weighted by Crippen LogP contribution is 2.28. The quantitative estimate of drug-likeness (QED) is 0.871. The molecular weight excluding hydrogens is 276 g/mol. The first kappa shape index (κ1) is 15.1. The van der Waals surface area contributed by atoms with Gasteiger partial charge in [0.15, 0.2) is 0 Å². The Morgan fingerprint density at radius 2 is 2.00 bits per heavy atom. The number of nitrogens with zero attached hydrogens (tertiary/aromatic N) is 1. The van der Waals surface area contributed by atoms with Crippen molar-refractivity contribution in [1.82, 2.24) is 4.90 Å². The van der Waals surface area contributed by atoms with E-state index in [1.165, 1.54) is 7.11 Å². The minimum atomic E-state index is -0.645. The first-order valence-electron chi connectivity index (χ1n) is 6.86. The second-order valence-corrected chi connectivity index (χ2v) is 5.80. The van der Waals surface area contributed by atoms with Crippen LogP contribution in [0.3, 0.4) is 0 Å². The highest BCUT2D eigenvalue weighted by molar-refractivity contribution is 6.30. The summed E-state index contributed by atoms with van der Waals surface area (Å²) in [5.74, 6) is -0.192. The van der Waals surface area contributed by atoms with Crippen LogP contribution in [0.2, 0.25) is 5.02 Å². The number of esters is 1. The normalized spacial score (nSPS) is 23.9. The standard InChI is InChI=1S/C15H21ClN2O2/c1-18-10-3-8-15(9-11-18,14(19)20-2)17-13-6-4-12(16)5-7-13/h4-7,17H,3,8-11H2,1-2H3. The van der Waals surface area contributed by atoms with Gasteiger partial charge in [-0.1, -0.05) is 11.6 Å². The van der Waals surface area contributed by atoms with E-state index in [4.69, 9.17) is 16.3 Å². The number of benzene rings is 1. The lowest BCUT2D eigenvalue weighted by atomic mass is 9.90. The molecule has 0 amide bonds. The molecule has 0 saturated carbocycles. The van der Waals surface area contributed by atoms with Crippen LogP contribution in [-0.2, 0) is 9.53 Å². The molecule has 2 rings (SSSR count). The minimum absolute atomic E-state index is 0.192. The van der Waals surface area contributed by atoms with Gasteiger partial charge in [0.2, 0.25) is 0 Å². The zero-order chi connectivity index (χ0) is 14.6. The Balaban J connectivity index is 2.22. The lowest BCUT2D eigenvalue weighted by Crippen LogP contribution is -2.47. The molecule has 1 fully saturated rings. The number of anilines is 1. The second-order valence-electron chi connectivity index (χ2n) is 5.36. The van der Waals surface area contributed by atoms with Crippen LogP contribution in [0.15, 0.2) is 24.3 Å². The molecule has 1 atom stereocenters. The molecule has 1 saturated heterocycles. The third-order valence-corrected chi connectivity index (χ3v) is 4.12. The van der Waals surface area contributed by atoms with E-state index in [0.29, 0.717) is 5.02 Å². The van der Waals surface area contributed by atoms with Gasteiger partial charge in [-0.05, 0) is 57.1 Å². The summed E-state index contributed by atoms with van der Waals surface area (Å²) in [4.78, 5) is 14.5. The summed E-state index contributed by atoms with van der Waals surface area (Å²) in [6, 6.07) is 7.42. The van der Waals surface area contributed by atoms with E-state index in [9.17, 15) is 4.79 Å². The SMILES string of the molecule is COC(=O)C1(Nc2ccc(Cl)cc2)CCCN(C)CC1. The molecule has 1 aromatic rings. The number of carbonyl (C=O) groups is 1. The molecule has 1 unspecified atom stereocenters. The van der Waals surface area contributed by atoms with E-state index in [-0.39, 0.29) is 5.97 Å². The maximum Gasteiger partial charge on any atom is 0.331 e. The van der Waals surface area contributed by atoms with Crippen molar-refractivity contribution in [3.05, 3.63) is 29.3 Å².